The molecule has 3 atom stereocenters. The number of nitrogens with zero attached hydrogens (tertiary/aromatic N) is 1. The monoisotopic (exact) mass is 1050 g/mol. The van der Waals surface area contributed by atoms with E-state index >= 15 is 0 Å². The summed E-state index contributed by atoms with van der Waals surface area (Å²) in [6.45, 7) is 4.66. The molecule has 0 rings (SSSR count). The summed E-state index contributed by atoms with van der Waals surface area (Å²) in [4.78, 5) is 25.5. The summed E-state index contributed by atoms with van der Waals surface area (Å²) in [6.07, 6.45) is 73.6. The molecular formula is C64H123N2O6P. The molecule has 73 heavy (non-hydrogen) atoms. The van der Waals surface area contributed by atoms with Crippen molar-refractivity contribution >= 4 is 13.7 Å². The van der Waals surface area contributed by atoms with Crippen LogP contribution in [0, 0.1) is 0 Å². The van der Waals surface area contributed by atoms with Gasteiger partial charge in [-0.15, -0.1) is 0 Å². The first kappa shape index (κ1) is 71.5. The van der Waals surface area contributed by atoms with E-state index in [0.29, 0.717) is 17.4 Å². The number of carbonyl (C=O) groups excluding carboxylic acids is 1. The standard InChI is InChI=1S/C64H123N2O6P/c1-6-8-10-12-14-16-18-20-22-24-26-28-30-31-32-33-34-35-36-38-40-42-44-46-48-50-52-54-56-58-64(68)65-62(61-72-73(69,70)71-60-59-66(3,4)5)63(67)57-55-53-51-49-47-45-43-41-39-37-29-27-25-23-21-19-17-15-13-11-9-7-2/h31-32,39,41,47,49,55,57,62-63,67H,6-30,33-38,40,42-46,48,50-54,56,58-61H2,1-5H3,(H-,65,68,69,70)/b32-31-,41-39+,49-47+,57-55+. The lowest BCUT2D eigenvalue weighted by molar-refractivity contribution is -0.870. The maximum Gasteiger partial charge on any atom is 0.268 e. The normalized spacial score (nSPS) is 14.1. The molecule has 0 fully saturated rings. The molecule has 0 saturated heterocycles. The number of aliphatic hydroxyl groups excluding tert-OH is 1. The Bertz CT molecular complexity index is 1330. The molecule has 0 aliphatic heterocycles. The van der Waals surface area contributed by atoms with Crippen molar-refractivity contribution in [3.63, 3.8) is 0 Å². The summed E-state index contributed by atoms with van der Waals surface area (Å²) >= 11 is 0. The maximum atomic E-state index is 13.0. The molecule has 0 aromatic heterocycles. The number of nitrogens with one attached hydrogen (secondary N) is 1. The van der Waals surface area contributed by atoms with Crippen LogP contribution < -0.4 is 10.2 Å². The van der Waals surface area contributed by atoms with Gasteiger partial charge in [0.25, 0.3) is 7.82 Å². The second-order valence-corrected chi connectivity index (χ2v) is 24.2. The second kappa shape index (κ2) is 55.2. The molecule has 0 bridgehead atoms. The first-order valence-corrected chi connectivity index (χ1v) is 33.0. The van der Waals surface area contributed by atoms with Gasteiger partial charge in [0.05, 0.1) is 39.9 Å². The minimum Gasteiger partial charge on any atom is -0.756 e. The molecule has 3 unspecified atom stereocenters. The second-order valence-electron chi connectivity index (χ2n) is 22.7. The first-order valence-electron chi connectivity index (χ1n) is 31.5. The predicted octanol–water partition coefficient (Wildman–Crippen LogP) is 18.9. The highest BCUT2D eigenvalue weighted by molar-refractivity contribution is 7.45. The zero-order chi connectivity index (χ0) is 53.5. The van der Waals surface area contributed by atoms with Crippen molar-refractivity contribution in [3.05, 3.63) is 48.6 Å². The Morgan fingerprint density at radius 2 is 0.767 bits per heavy atom. The molecule has 0 radical (unpaired) electrons. The Kier molecular flexibility index (Phi) is 54.1. The number of allylic oxidation sites excluding steroid dienone is 7. The number of rotatable bonds is 58. The molecule has 0 aromatic carbocycles. The molecule has 0 aromatic rings. The van der Waals surface area contributed by atoms with Crippen LogP contribution in [-0.2, 0) is 18.4 Å². The third kappa shape index (κ3) is 58.0. The molecular weight excluding hydrogens is 924 g/mol. The van der Waals surface area contributed by atoms with E-state index in [1.54, 1.807) is 6.08 Å². The van der Waals surface area contributed by atoms with Crippen LogP contribution in [0.4, 0.5) is 0 Å². The van der Waals surface area contributed by atoms with Gasteiger partial charge in [0.15, 0.2) is 0 Å². The van der Waals surface area contributed by atoms with Crippen LogP contribution in [0.5, 0.6) is 0 Å². The Hall–Kier alpha value is -1.54. The molecule has 2 N–H and O–H groups in total. The molecule has 9 heteroatoms. The first-order chi connectivity index (χ1) is 35.5. The number of likely N-dealkylation sites (N-methyl/N-ethyl adjacent to an activating group) is 1. The number of amides is 1. The summed E-state index contributed by atoms with van der Waals surface area (Å²) in [5.41, 5.74) is 0. The summed E-state index contributed by atoms with van der Waals surface area (Å²) in [5.74, 6) is -0.208. The fraction of sp³-hybridized carbons (Fsp3) is 0.859. The van der Waals surface area contributed by atoms with Gasteiger partial charge >= 0.3 is 0 Å². The molecule has 0 heterocycles. The number of hydrogen-bond acceptors (Lipinski definition) is 6. The number of phosphoric acid groups is 1. The van der Waals surface area contributed by atoms with Crippen molar-refractivity contribution in [1.82, 2.24) is 5.32 Å². The van der Waals surface area contributed by atoms with E-state index in [1.165, 1.54) is 238 Å². The Labute approximate surface area is 454 Å². The average Bonchev–Trinajstić information content (AvgIpc) is 3.35. The Morgan fingerprint density at radius 1 is 0.466 bits per heavy atom. The molecule has 0 aliphatic rings. The van der Waals surface area contributed by atoms with Crippen molar-refractivity contribution < 1.29 is 32.9 Å². The maximum absolute atomic E-state index is 13.0. The third-order valence-corrected chi connectivity index (χ3v) is 15.2. The van der Waals surface area contributed by atoms with Gasteiger partial charge in [-0.2, -0.15) is 0 Å². The van der Waals surface area contributed by atoms with Crippen LogP contribution in [0.1, 0.15) is 303 Å². The Morgan fingerprint density at radius 3 is 1.11 bits per heavy atom. The summed E-state index contributed by atoms with van der Waals surface area (Å²) in [6, 6.07) is -0.911. The smallest absolute Gasteiger partial charge is 0.268 e. The van der Waals surface area contributed by atoms with Gasteiger partial charge in [-0.05, 0) is 70.6 Å². The van der Waals surface area contributed by atoms with Crippen molar-refractivity contribution in [2.75, 3.05) is 40.9 Å². The lowest BCUT2D eigenvalue weighted by Gasteiger charge is -2.29. The highest BCUT2D eigenvalue weighted by Gasteiger charge is 2.23. The van der Waals surface area contributed by atoms with Gasteiger partial charge in [0, 0.05) is 6.42 Å². The zero-order valence-electron chi connectivity index (χ0n) is 49.1. The van der Waals surface area contributed by atoms with Crippen LogP contribution in [0.3, 0.4) is 0 Å². The predicted molar refractivity (Wildman–Crippen MR) is 316 cm³/mol. The van der Waals surface area contributed by atoms with E-state index in [2.05, 4.69) is 55.6 Å². The van der Waals surface area contributed by atoms with E-state index in [-0.39, 0.29) is 12.5 Å². The number of quaternary nitrogens is 1. The lowest BCUT2D eigenvalue weighted by Crippen LogP contribution is -2.45. The molecule has 430 valence electrons. The van der Waals surface area contributed by atoms with Gasteiger partial charge in [0.1, 0.15) is 13.2 Å². The van der Waals surface area contributed by atoms with Crippen LogP contribution >= 0.6 is 7.82 Å². The van der Waals surface area contributed by atoms with Crippen LogP contribution in [0.15, 0.2) is 48.6 Å². The summed E-state index contributed by atoms with van der Waals surface area (Å²) in [7, 11) is 1.24. The molecule has 0 saturated carbocycles. The molecule has 0 spiro atoms. The largest absolute Gasteiger partial charge is 0.756 e. The van der Waals surface area contributed by atoms with Gasteiger partial charge < -0.3 is 28.8 Å². The van der Waals surface area contributed by atoms with Crippen LogP contribution in [0.25, 0.3) is 0 Å². The molecule has 0 aliphatic carbocycles. The van der Waals surface area contributed by atoms with E-state index in [0.717, 1.165) is 44.9 Å². The quantitative estimate of drug-likeness (QED) is 0.0272. The molecule has 1 amide bonds. The van der Waals surface area contributed by atoms with Crippen LogP contribution in [0.2, 0.25) is 0 Å². The summed E-state index contributed by atoms with van der Waals surface area (Å²) in [5, 5.41) is 13.9. The zero-order valence-corrected chi connectivity index (χ0v) is 50.0. The topological polar surface area (TPSA) is 108 Å². The van der Waals surface area contributed by atoms with Gasteiger partial charge in [-0.25, -0.2) is 0 Å². The SMILES string of the molecule is CCCCCCCCCCCCCC/C=C\CCCCCCCCCCCCCCCC(=O)NC(COP(=O)([O-])OCC[N+](C)(C)C)C(O)/C=C/CC/C=C/CC/C=C/CCCCCCCCCCCCCC. The number of unbranched alkanes of at least 4 members (excludes halogenated alkanes) is 39. The van der Waals surface area contributed by atoms with Crippen molar-refractivity contribution in [3.8, 4) is 0 Å². The summed E-state index contributed by atoms with van der Waals surface area (Å²) < 4.78 is 23.4. The van der Waals surface area contributed by atoms with Gasteiger partial charge in [-0.1, -0.05) is 274 Å². The number of hydrogen-bond donors (Lipinski definition) is 2. The van der Waals surface area contributed by atoms with E-state index in [9.17, 15) is 19.4 Å². The van der Waals surface area contributed by atoms with Gasteiger partial charge in [0.2, 0.25) is 5.91 Å². The van der Waals surface area contributed by atoms with Crippen molar-refractivity contribution in [2.45, 2.75) is 315 Å². The van der Waals surface area contributed by atoms with Crippen molar-refractivity contribution in [1.29, 1.82) is 0 Å². The Balaban J connectivity index is 4.18. The highest BCUT2D eigenvalue weighted by Crippen LogP contribution is 2.38. The van der Waals surface area contributed by atoms with E-state index in [1.807, 2.05) is 27.2 Å². The average molecular weight is 1050 g/mol. The minimum absolute atomic E-state index is 0.00890. The fourth-order valence-electron chi connectivity index (χ4n) is 9.30. The van der Waals surface area contributed by atoms with Crippen molar-refractivity contribution in [2.24, 2.45) is 0 Å². The van der Waals surface area contributed by atoms with Gasteiger partial charge in [-0.3, -0.25) is 9.36 Å². The highest BCUT2D eigenvalue weighted by atomic mass is 31.2. The van der Waals surface area contributed by atoms with Crippen LogP contribution in [-0.4, -0.2) is 68.5 Å². The molecule has 8 nitrogen and oxygen atoms in total. The third-order valence-electron chi connectivity index (χ3n) is 14.2. The van der Waals surface area contributed by atoms with E-state index in [4.69, 9.17) is 9.05 Å². The minimum atomic E-state index is -4.61. The number of carbonyl (C=O) groups is 1. The van der Waals surface area contributed by atoms with E-state index < -0.39 is 26.6 Å². The lowest BCUT2D eigenvalue weighted by atomic mass is 10.0. The number of phosphoric ester groups is 1. The number of aliphatic hydroxyl groups is 1. The fourth-order valence-corrected chi connectivity index (χ4v) is 10.0.